The van der Waals surface area contributed by atoms with Gasteiger partial charge in [0.1, 0.15) is 5.78 Å². The van der Waals surface area contributed by atoms with E-state index in [4.69, 9.17) is 0 Å². The van der Waals surface area contributed by atoms with Gasteiger partial charge in [-0.1, -0.05) is 36.4 Å². The Balaban J connectivity index is 0.00000200. The fourth-order valence-corrected chi connectivity index (χ4v) is 1.88. The quantitative estimate of drug-likeness (QED) is 0.636. The number of hydrogen-bond donors (Lipinski definition) is 0. The number of benzene rings is 2. The summed E-state index contributed by atoms with van der Waals surface area (Å²) in [6.07, 6.45) is -0.0935. The van der Waals surface area contributed by atoms with Gasteiger partial charge in [-0.3, -0.25) is 14.5 Å². The van der Waals surface area contributed by atoms with Gasteiger partial charge in [0.2, 0.25) is 5.91 Å². The third-order valence-corrected chi connectivity index (χ3v) is 2.68. The molecule has 2 aromatic rings. The minimum absolute atomic E-state index is 0. The van der Waals surface area contributed by atoms with Crippen molar-refractivity contribution in [3.8, 4) is 0 Å². The third-order valence-electron chi connectivity index (χ3n) is 2.68. The summed E-state index contributed by atoms with van der Waals surface area (Å²) in [5.41, 5.74) is 1.53. The number of ketones is 1. The number of Topliss-reactive ketones (excluding diaryl/α,β-unsaturated/α-hetero) is 1. The van der Waals surface area contributed by atoms with E-state index in [0.717, 1.165) is 11.4 Å². The van der Waals surface area contributed by atoms with Crippen LogP contribution >= 0.6 is 0 Å². The van der Waals surface area contributed by atoms with Crippen LogP contribution in [0, 0.1) is 0 Å². The van der Waals surface area contributed by atoms with Gasteiger partial charge in [-0.2, -0.15) is 0 Å². The SMILES string of the molecule is CC(=O)CC(=O)N(c1ccccc1)c1ccccc1.[Na]. The predicted octanol–water partition coefficient (Wildman–Crippen LogP) is 2.95. The zero-order valence-electron chi connectivity index (χ0n) is 11.7. The molecule has 3 nitrogen and oxygen atoms in total. The molecule has 0 fully saturated rings. The molecule has 2 aromatic carbocycles. The fraction of sp³-hybridized carbons (Fsp3) is 0.125. The van der Waals surface area contributed by atoms with Crippen molar-refractivity contribution in [3.05, 3.63) is 60.7 Å². The summed E-state index contributed by atoms with van der Waals surface area (Å²) in [4.78, 5) is 25.0. The van der Waals surface area contributed by atoms with E-state index < -0.39 is 0 Å². The summed E-state index contributed by atoms with van der Waals surface area (Å²) in [6, 6.07) is 18.7. The molecule has 0 unspecified atom stereocenters. The minimum Gasteiger partial charge on any atom is -0.299 e. The van der Waals surface area contributed by atoms with Crippen molar-refractivity contribution in [3.63, 3.8) is 0 Å². The standard InChI is InChI=1S/C16H15NO2.Na/c1-13(18)12-16(19)17(14-8-4-2-5-9-14)15-10-6-3-7-11-15;/h2-11H,12H2,1H3;. The molecule has 97 valence electrons. The molecular formula is C16H15NNaO2. The van der Waals surface area contributed by atoms with Crippen LogP contribution in [0.15, 0.2) is 60.7 Å². The molecular weight excluding hydrogens is 261 g/mol. The van der Waals surface area contributed by atoms with E-state index in [1.807, 2.05) is 60.7 Å². The number of carbonyl (C=O) groups is 2. The Morgan fingerprint density at radius 2 is 1.25 bits per heavy atom. The largest absolute Gasteiger partial charge is 0.299 e. The molecule has 0 aromatic heterocycles. The number of carbonyl (C=O) groups excluding carboxylic acids is 2. The molecule has 20 heavy (non-hydrogen) atoms. The molecule has 0 atom stereocenters. The Labute approximate surface area is 140 Å². The predicted molar refractivity (Wildman–Crippen MR) is 81.1 cm³/mol. The Kier molecular flexibility index (Phi) is 6.65. The Morgan fingerprint density at radius 3 is 1.60 bits per heavy atom. The number of para-hydroxylation sites is 2. The second-order valence-corrected chi connectivity index (χ2v) is 4.28. The van der Waals surface area contributed by atoms with Crippen molar-refractivity contribution in [2.45, 2.75) is 13.3 Å². The van der Waals surface area contributed by atoms with Crippen LogP contribution in [0.4, 0.5) is 11.4 Å². The minimum atomic E-state index is -0.218. The van der Waals surface area contributed by atoms with Crippen LogP contribution in [0.3, 0.4) is 0 Å². The molecule has 1 amide bonds. The summed E-state index contributed by atoms with van der Waals surface area (Å²) >= 11 is 0. The van der Waals surface area contributed by atoms with Gasteiger partial charge in [-0.05, 0) is 31.2 Å². The molecule has 0 heterocycles. The average molecular weight is 276 g/mol. The monoisotopic (exact) mass is 276 g/mol. The van der Waals surface area contributed by atoms with E-state index in [9.17, 15) is 9.59 Å². The first-order valence-electron chi connectivity index (χ1n) is 6.11. The molecule has 0 saturated heterocycles. The first-order valence-corrected chi connectivity index (χ1v) is 6.11. The van der Waals surface area contributed by atoms with E-state index in [-0.39, 0.29) is 47.7 Å². The van der Waals surface area contributed by atoms with E-state index in [2.05, 4.69) is 0 Å². The first kappa shape index (κ1) is 16.6. The number of amides is 1. The van der Waals surface area contributed by atoms with Crippen molar-refractivity contribution in [1.82, 2.24) is 0 Å². The molecule has 4 heteroatoms. The molecule has 1 radical (unpaired) electrons. The van der Waals surface area contributed by atoms with Gasteiger partial charge in [0.05, 0.1) is 6.42 Å². The molecule has 0 aliphatic carbocycles. The van der Waals surface area contributed by atoms with Crippen LogP contribution in [0.1, 0.15) is 13.3 Å². The van der Waals surface area contributed by atoms with Gasteiger partial charge in [0.25, 0.3) is 0 Å². The van der Waals surface area contributed by atoms with Crippen LogP contribution in [0.2, 0.25) is 0 Å². The van der Waals surface area contributed by atoms with Gasteiger partial charge in [-0.25, -0.2) is 0 Å². The van der Waals surface area contributed by atoms with Gasteiger partial charge >= 0.3 is 0 Å². The van der Waals surface area contributed by atoms with Crippen molar-refractivity contribution < 1.29 is 9.59 Å². The molecule has 0 aliphatic heterocycles. The normalized spacial score (nSPS) is 9.45. The number of hydrogen-bond acceptors (Lipinski definition) is 2. The zero-order valence-corrected chi connectivity index (χ0v) is 13.7. The third kappa shape index (κ3) is 4.30. The summed E-state index contributed by atoms with van der Waals surface area (Å²) in [5, 5.41) is 0. The van der Waals surface area contributed by atoms with Crippen molar-refractivity contribution in [1.29, 1.82) is 0 Å². The van der Waals surface area contributed by atoms with E-state index in [1.54, 1.807) is 4.90 Å². The van der Waals surface area contributed by atoms with Gasteiger partial charge < -0.3 is 0 Å². The van der Waals surface area contributed by atoms with Crippen LogP contribution in [0.25, 0.3) is 0 Å². The molecule has 0 bridgehead atoms. The van der Waals surface area contributed by atoms with Crippen LogP contribution in [-0.4, -0.2) is 41.2 Å². The fourth-order valence-electron chi connectivity index (χ4n) is 1.88. The summed E-state index contributed by atoms with van der Waals surface area (Å²) < 4.78 is 0. The maximum Gasteiger partial charge on any atom is 0.238 e. The Hall–Kier alpha value is -1.42. The van der Waals surface area contributed by atoms with Crippen LogP contribution < -0.4 is 4.90 Å². The van der Waals surface area contributed by atoms with E-state index >= 15 is 0 Å². The van der Waals surface area contributed by atoms with Gasteiger partial charge in [-0.15, -0.1) is 0 Å². The summed E-state index contributed by atoms with van der Waals surface area (Å²) in [5.74, 6) is -0.355. The van der Waals surface area contributed by atoms with Crippen molar-refractivity contribution in [2.24, 2.45) is 0 Å². The first-order chi connectivity index (χ1) is 9.18. The number of rotatable bonds is 4. The maximum absolute atomic E-state index is 12.3. The van der Waals surface area contributed by atoms with Crippen LogP contribution in [-0.2, 0) is 9.59 Å². The van der Waals surface area contributed by atoms with E-state index in [0.29, 0.717) is 0 Å². The number of anilines is 2. The Morgan fingerprint density at radius 1 is 0.850 bits per heavy atom. The summed E-state index contributed by atoms with van der Waals surface area (Å²) in [7, 11) is 0. The van der Waals surface area contributed by atoms with Gasteiger partial charge in [0, 0.05) is 40.9 Å². The number of nitrogens with zero attached hydrogens (tertiary/aromatic N) is 1. The second kappa shape index (κ2) is 8.00. The van der Waals surface area contributed by atoms with Crippen LogP contribution in [0.5, 0.6) is 0 Å². The molecule has 0 spiro atoms. The molecule has 2 rings (SSSR count). The second-order valence-electron chi connectivity index (χ2n) is 4.28. The molecule has 0 N–H and O–H groups in total. The molecule has 0 aliphatic rings. The Bertz CT molecular complexity index is 530. The zero-order chi connectivity index (χ0) is 13.7. The molecule has 0 saturated carbocycles. The summed E-state index contributed by atoms with van der Waals surface area (Å²) in [6.45, 7) is 1.42. The maximum atomic E-state index is 12.3. The topological polar surface area (TPSA) is 37.4 Å². The van der Waals surface area contributed by atoms with Crippen molar-refractivity contribution in [2.75, 3.05) is 4.90 Å². The average Bonchev–Trinajstić information content (AvgIpc) is 2.40. The van der Waals surface area contributed by atoms with Gasteiger partial charge in [0.15, 0.2) is 0 Å². The smallest absolute Gasteiger partial charge is 0.238 e. The van der Waals surface area contributed by atoms with E-state index in [1.165, 1.54) is 6.92 Å². The van der Waals surface area contributed by atoms with Crippen molar-refractivity contribution >= 4 is 52.6 Å².